The van der Waals surface area contributed by atoms with Crippen molar-refractivity contribution in [2.24, 2.45) is 0 Å². The Balaban J connectivity index is 2.06. The van der Waals surface area contributed by atoms with Crippen LogP contribution in [0.3, 0.4) is 0 Å². The molecule has 0 aliphatic carbocycles. The van der Waals surface area contributed by atoms with Crippen molar-refractivity contribution < 1.29 is 9.59 Å². The maximum absolute atomic E-state index is 12.6. The standard InChI is InChI=1S/C21H26N2O2/c1-14-6-7-15(2)20(12-14)16(3)23(5)21(25)13-18-8-10-19(11-9-18)22-17(4)24/h6-12,16H,13H2,1-5H3,(H,22,24)/t16-/m1/s1. The van der Waals surface area contributed by atoms with Crippen molar-refractivity contribution >= 4 is 17.5 Å². The number of hydrogen-bond donors (Lipinski definition) is 1. The molecule has 1 N–H and O–H groups in total. The van der Waals surface area contributed by atoms with Gasteiger partial charge in [-0.15, -0.1) is 0 Å². The molecule has 4 nitrogen and oxygen atoms in total. The quantitative estimate of drug-likeness (QED) is 0.895. The topological polar surface area (TPSA) is 49.4 Å². The summed E-state index contributed by atoms with van der Waals surface area (Å²) in [6, 6.07) is 13.7. The van der Waals surface area contributed by atoms with Crippen molar-refractivity contribution in [3.63, 3.8) is 0 Å². The third kappa shape index (κ3) is 4.92. The summed E-state index contributed by atoms with van der Waals surface area (Å²) in [7, 11) is 1.85. The van der Waals surface area contributed by atoms with Gasteiger partial charge < -0.3 is 10.2 Å². The van der Waals surface area contributed by atoms with Crippen LogP contribution in [0.2, 0.25) is 0 Å². The van der Waals surface area contributed by atoms with E-state index in [0.29, 0.717) is 6.42 Å². The lowest BCUT2D eigenvalue weighted by Crippen LogP contribution is -2.31. The van der Waals surface area contributed by atoms with Crippen molar-refractivity contribution in [1.82, 2.24) is 4.90 Å². The number of likely N-dealkylation sites (N-methyl/N-ethyl adjacent to an activating group) is 1. The Morgan fingerprint density at radius 3 is 2.32 bits per heavy atom. The first-order chi connectivity index (χ1) is 11.8. The molecule has 2 rings (SSSR count). The molecule has 2 aromatic carbocycles. The molecule has 0 aliphatic rings. The van der Waals surface area contributed by atoms with E-state index in [4.69, 9.17) is 0 Å². The fourth-order valence-electron chi connectivity index (χ4n) is 2.84. The van der Waals surface area contributed by atoms with Gasteiger partial charge in [0.2, 0.25) is 11.8 Å². The normalized spacial score (nSPS) is 11.7. The van der Waals surface area contributed by atoms with Gasteiger partial charge in [0.1, 0.15) is 0 Å². The fourth-order valence-corrected chi connectivity index (χ4v) is 2.84. The highest BCUT2D eigenvalue weighted by Gasteiger charge is 2.19. The summed E-state index contributed by atoms with van der Waals surface area (Å²) in [5.74, 6) is -0.0356. The minimum Gasteiger partial charge on any atom is -0.339 e. The Hall–Kier alpha value is -2.62. The van der Waals surface area contributed by atoms with E-state index in [0.717, 1.165) is 11.3 Å². The van der Waals surface area contributed by atoms with Crippen LogP contribution in [-0.2, 0) is 16.0 Å². The van der Waals surface area contributed by atoms with Gasteiger partial charge in [0, 0.05) is 19.7 Å². The molecule has 1 atom stereocenters. The molecule has 0 unspecified atom stereocenters. The van der Waals surface area contributed by atoms with Gasteiger partial charge in [-0.25, -0.2) is 0 Å². The van der Waals surface area contributed by atoms with Crippen LogP contribution in [0.5, 0.6) is 0 Å². The van der Waals surface area contributed by atoms with Gasteiger partial charge in [-0.2, -0.15) is 0 Å². The average Bonchev–Trinajstić information content (AvgIpc) is 2.57. The Kier molecular flexibility index (Phi) is 5.97. The van der Waals surface area contributed by atoms with Gasteiger partial charge in [-0.05, 0) is 49.6 Å². The number of anilines is 1. The summed E-state index contributed by atoms with van der Waals surface area (Å²) in [4.78, 5) is 25.5. The molecule has 25 heavy (non-hydrogen) atoms. The van der Waals surface area contributed by atoms with E-state index in [1.807, 2.05) is 31.3 Å². The van der Waals surface area contributed by atoms with Crippen molar-refractivity contribution in [2.75, 3.05) is 12.4 Å². The van der Waals surface area contributed by atoms with Crippen LogP contribution >= 0.6 is 0 Å². The third-order valence-corrected chi connectivity index (χ3v) is 4.49. The van der Waals surface area contributed by atoms with Gasteiger partial charge >= 0.3 is 0 Å². The summed E-state index contributed by atoms with van der Waals surface area (Å²) in [5, 5.41) is 2.73. The molecule has 0 radical (unpaired) electrons. The number of benzene rings is 2. The molecule has 0 aliphatic heterocycles. The number of aryl methyl sites for hydroxylation is 2. The van der Waals surface area contributed by atoms with Crippen molar-refractivity contribution in [3.05, 3.63) is 64.7 Å². The van der Waals surface area contributed by atoms with Gasteiger partial charge in [0.05, 0.1) is 12.5 Å². The SMILES string of the molecule is CC(=O)Nc1ccc(CC(=O)N(C)[C@H](C)c2cc(C)ccc2C)cc1. The lowest BCUT2D eigenvalue weighted by molar-refractivity contribution is -0.131. The molecule has 0 fully saturated rings. The zero-order valence-corrected chi connectivity index (χ0v) is 15.6. The number of carbonyl (C=O) groups excluding carboxylic acids is 2. The average molecular weight is 338 g/mol. The molecule has 0 saturated heterocycles. The third-order valence-electron chi connectivity index (χ3n) is 4.49. The Bertz CT molecular complexity index is 766. The van der Waals surface area contributed by atoms with Crippen LogP contribution in [0.1, 0.15) is 42.1 Å². The molecule has 4 heteroatoms. The molecule has 132 valence electrons. The predicted molar refractivity (Wildman–Crippen MR) is 102 cm³/mol. The van der Waals surface area contributed by atoms with Gasteiger partial charge in [0.15, 0.2) is 0 Å². The largest absolute Gasteiger partial charge is 0.339 e. The molecule has 0 saturated carbocycles. The number of amides is 2. The summed E-state index contributed by atoms with van der Waals surface area (Å²) < 4.78 is 0. The summed E-state index contributed by atoms with van der Waals surface area (Å²) in [6.45, 7) is 7.67. The molecule has 0 heterocycles. The smallest absolute Gasteiger partial charge is 0.227 e. The first kappa shape index (κ1) is 18.7. The minimum atomic E-state index is -0.106. The zero-order valence-electron chi connectivity index (χ0n) is 15.6. The van der Waals surface area contributed by atoms with E-state index >= 15 is 0 Å². The highest BCUT2D eigenvalue weighted by Crippen LogP contribution is 2.24. The predicted octanol–water partition coefficient (Wildman–Crippen LogP) is 4.02. The van der Waals surface area contributed by atoms with Crippen LogP contribution in [0.15, 0.2) is 42.5 Å². The van der Waals surface area contributed by atoms with Gasteiger partial charge in [-0.1, -0.05) is 35.9 Å². The minimum absolute atomic E-state index is 0.0195. The monoisotopic (exact) mass is 338 g/mol. The summed E-state index contributed by atoms with van der Waals surface area (Å²) in [6.07, 6.45) is 0.339. The highest BCUT2D eigenvalue weighted by molar-refractivity contribution is 5.88. The molecule has 2 amide bonds. The van der Waals surface area contributed by atoms with Crippen LogP contribution in [-0.4, -0.2) is 23.8 Å². The number of nitrogens with zero attached hydrogens (tertiary/aromatic N) is 1. The number of rotatable bonds is 5. The molecule has 0 aromatic heterocycles. The van der Waals surface area contributed by atoms with Crippen molar-refractivity contribution in [2.45, 2.75) is 40.2 Å². The maximum Gasteiger partial charge on any atom is 0.227 e. The number of carbonyl (C=O) groups is 2. The van der Waals surface area contributed by atoms with Crippen LogP contribution in [0.25, 0.3) is 0 Å². The number of nitrogens with one attached hydrogen (secondary N) is 1. The first-order valence-corrected chi connectivity index (χ1v) is 8.47. The van der Waals surface area contributed by atoms with Gasteiger partial charge in [-0.3, -0.25) is 9.59 Å². The van der Waals surface area contributed by atoms with Crippen molar-refractivity contribution in [1.29, 1.82) is 0 Å². The van der Waals surface area contributed by atoms with E-state index in [-0.39, 0.29) is 17.9 Å². The zero-order chi connectivity index (χ0) is 18.6. The van der Waals surface area contributed by atoms with Gasteiger partial charge in [0.25, 0.3) is 0 Å². The van der Waals surface area contributed by atoms with E-state index in [1.165, 1.54) is 23.6 Å². The summed E-state index contributed by atoms with van der Waals surface area (Å²) >= 11 is 0. The maximum atomic E-state index is 12.6. The molecule has 2 aromatic rings. The van der Waals surface area contributed by atoms with E-state index in [9.17, 15) is 9.59 Å². The second-order valence-corrected chi connectivity index (χ2v) is 6.60. The lowest BCUT2D eigenvalue weighted by Gasteiger charge is -2.27. The van der Waals surface area contributed by atoms with E-state index < -0.39 is 0 Å². The second kappa shape index (κ2) is 7.97. The van der Waals surface area contributed by atoms with Crippen LogP contribution in [0.4, 0.5) is 5.69 Å². The molecular formula is C21H26N2O2. The Morgan fingerprint density at radius 1 is 1.08 bits per heavy atom. The lowest BCUT2D eigenvalue weighted by atomic mass is 9.98. The molecular weight excluding hydrogens is 312 g/mol. The molecule has 0 bridgehead atoms. The fraction of sp³-hybridized carbons (Fsp3) is 0.333. The second-order valence-electron chi connectivity index (χ2n) is 6.60. The van der Waals surface area contributed by atoms with Crippen molar-refractivity contribution in [3.8, 4) is 0 Å². The van der Waals surface area contributed by atoms with Crippen LogP contribution in [0, 0.1) is 13.8 Å². The highest BCUT2D eigenvalue weighted by atomic mass is 16.2. The summed E-state index contributed by atoms with van der Waals surface area (Å²) in [5.41, 5.74) is 5.23. The Labute approximate surface area is 149 Å². The Morgan fingerprint density at radius 2 is 1.72 bits per heavy atom. The molecule has 0 spiro atoms. The number of hydrogen-bond acceptors (Lipinski definition) is 2. The van der Waals surface area contributed by atoms with E-state index in [2.05, 4.69) is 44.3 Å². The van der Waals surface area contributed by atoms with Crippen LogP contribution < -0.4 is 5.32 Å². The van der Waals surface area contributed by atoms with E-state index in [1.54, 1.807) is 4.90 Å². The first-order valence-electron chi connectivity index (χ1n) is 8.47.